The van der Waals surface area contributed by atoms with Crippen molar-refractivity contribution in [2.24, 2.45) is 0 Å². The zero-order valence-electron chi connectivity index (χ0n) is 8.16. The van der Waals surface area contributed by atoms with Crippen LogP contribution in [-0.4, -0.2) is 24.0 Å². The van der Waals surface area contributed by atoms with E-state index in [1.807, 2.05) is 12.1 Å². The van der Waals surface area contributed by atoms with Gasteiger partial charge in [-0.15, -0.1) is 0 Å². The summed E-state index contributed by atoms with van der Waals surface area (Å²) in [5, 5.41) is 0. The van der Waals surface area contributed by atoms with Crippen molar-refractivity contribution in [3.8, 4) is 0 Å². The second kappa shape index (κ2) is 5.22. The van der Waals surface area contributed by atoms with E-state index in [1.165, 1.54) is 7.11 Å². The molecule has 0 saturated heterocycles. The average Bonchev–Trinajstić information content (AvgIpc) is 2.20. The van der Waals surface area contributed by atoms with Crippen LogP contribution in [0.25, 0.3) is 0 Å². The highest BCUT2D eigenvalue weighted by Crippen LogP contribution is 2.08. The van der Waals surface area contributed by atoms with Crippen LogP contribution in [0.1, 0.15) is 12.6 Å². The quantitative estimate of drug-likeness (QED) is 0.829. The molecule has 1 unspecified atom stereocenters. The monoisotopic (exact) mass is 257 g/mol. The lowest BCUT2D eigenvalue weighted by atomic mass is 10.1. The number of rotatable bonds is 4. The molecule has 0 radical (unpaired) electrons. The van der Waals surface area contributed by atoms with Gasteiger partial charge in [0.05, 0.1) is 6.42 Å². The number of nitrogens with zero attached hydrogens (tertiary/aromatic N) is 1. The van der Waals surface area contributed by atoms with Gasteiger partial charge in [-0.2, -0.15) is 0 Å². The van der Waals surface area contributed by atoms with Crippen LogP contribution in [0.5, 0.6) is 0 Å². The third kappa shape index (κ3) is 3.20. The molecule has 1 heterocycles. The van der Waals surface area contributed by atoms with Gasteiger partial charge in [-0.3, -0.25) is 9.78 Å². The van der Waals surface area contributed by atoms with Crippen molar-refractivity contribution in [1.29, 1.82) is 0 Å². The van der Waals surface area contributed by atoms with Gasteiger partial charge in [-0.25, -0.2) is 0 Å². The van der Waals surface area contributed by atoms with Crippen molar-refractivity contribution in [2.75, 3.05) is 7.11 Å². The smallest absolute Gasteiger partial charge is 0.167 e. The molecule has 1 aromatic rings. The molecule has 0 aliphatic carbocycles. The zero-order chi connectivity index (χ0) is 10.6. The van der Waals surface area contributed by atoms with Gasteiger partial charge >= 0.3 is 0 Å². The molecule has 0 fully saturated rings. The van der Waals surface area contributed by atoms with E-state index in [0.29, 0.717) is 6.42 Å². The predicted octanol–water partition coefficient (Wildman–Crippen LogP) is 1.99. The molecule has 0 bridgehead atoms. The van der Waals surface area contributed by atoms with E-state index in [0.717, 1.165) is 10.2 Å². The standard InChI is InChI=1S/C10H12BrNO2/c1-7(14-2)10(13)5-9-4-3-8(11)6-12-9/h3-4,6-7H,5H2,1-2H3. The fourth-order valence-electron chi connectivity index (χ4n) is 0.965. The lowest BCUT2D eigenvalue weighted by Crippen LogP contribution is -2.21. The first-order valence-corrected chi connectivity index (χ1v) is 5.08. The molecule has 0 aliphatic heterocycles. The number of Topliss-reactive ketones (excluding diaryl/α,β-unsaturated/α-hetero) is 1. The molecule has 14 heavy (non-hydrogen) atoms. The fraction of sp³-hybridized carbons (Fsp3) is 0.400. The number of pyridine rings is 1. The number of ketones is 1. The van der Waals surface area contributed by atoms with Crippen LogP contribution in [0.15, 0.2) is 22.8 Å². The van der Waals surface area contributed by atoms with Gasteiger partial charge < -0.3 is 4.74 Å². The minimum absolute atomic E-state index is 0.0438. The predicted molar refractivity (Wildman–Crippen MR) is 57.1 cm³/mol. The van der Waals surface area contributed by atoms with Gasteiger partial charge in [0.1, 0.15) is 6.10 Å². The largest absolute Gasteiger partial charge is 0.374 e. The van der Waals surface area contributed by atoms with Crippen LogP contribution in [0.3, 0.4) is 0 Å². The highest BCUT2D eigenvalue weighted by atomic mass is 79.9. The van der Waals surface area contributed by atoms with Gasteiger partial charge in [-0.05, 0) is 35.0 Å². The first-order chi connectivity index (χ1) is 6.63. The molecular weight excluding hydrogens is 246 g/mol. The molecule has 0 amide bonds. The Kier molecular flexibility index (Phi) is 4.22. The normalized spacial score (nSPS) is 12.5. The van der Waals surface area contributed by atoms with E-state index in [-0.39, 0.29) is 11.9 Å². The minimum atomic E-state index is -0.361. The highest BCUT2D eigenvalue weighted by Gasteiger charge is 2.12. The summed E-state index contributed by atoms with van der Waals surface area (Å²) < 4.78 is 5.83. The molecule has 0 aromatic carbocycles. The molecule has 0 N–H and O–H groups in total. The topological polar surface area (TPSA) is 39.2 Å². The number of methoxy groups -OCH3 is 1. The maximum absolute atomic E-state index is 11.5. The summed E-state index contributed by atoms with van der Waals surface area (Å²) in [7, 11) is 1.53. The summed E-state index contributed by atoms with van der Waals surface area (Å²) in [4.78, 5) is 15.6. The fourth-order valence-corrected chi connectivity index (χ4v) is 1.20. The number of hydrogen-bond acceptors (Lipinski definition) is 3. The number of carbonyl (C=O) groups is 1. The Labute approximate surface area is 91.6 Å². The van der Waals surface area contributed by atoms with Gasteiger partial charge in [0.25, 0.3) is 0 Å². The van der Waals surface area contributed by atoms with Crippen LogP contribution in [0.2, 0.25) is 0 Å². The Morgan fingerprint density at radius 3 is 2.86 bits per heavy atom. The lowest BCUT2D eigenvalue weighted by molar-refractivity contribution is -0.127. The lowest BCUT2D eigenvalue weighted by Gasteiger charge is -2.07. The van der Waals surface area contributed by atoms with Gasteiger partial charge in [0, 0.05) is 23.5 Å². The number of ether oxygens (including phenoxy) is 1. The summed E-state index contributed by atoms with van der Waals surface area (Å²) in [6, 6.07) is 3.69. The van der Waals surface area contributed by atoms with Crippen molar-refractivity contribution < 1.29 is 9.53 Å². The Hall–Kier alpha value is -0.740. The molecular formula is C10H12BrNO2. The number of hydrogen-bond donors (Lipinski definition) is 0. The van der Waals surface area contributed by atoms with E-state index >= 15 is 0 Å². The maximum Gasteiger partial charge on any atom is 0.167 e. The van der Waals surface area contributed by atoms with Crippen molar-refractivity contribution in [3.63, 3.8) is 0 Å². The Balaban J connectivity index is 2.60. The van der Waals surface area contributed by atoms with Gasteiger partial charge in [0.2, 0.25) is 0 Å². The van der Waals surface area contributed by atoms with Crippen LogP contribution < -0.4 is 0 Å². The van der Waals surface area contributed by atoms with Crippen LogP contribution >= 0.6 is 15.9 Å². The van der Waals surface area contributed by atoms with E-state index in [2.05, 4.69) is 20.9 Å². The van der Waals surface area contributed by atoms with Gasteiger partial charge in [-0.1, -0.05) is 0 Å². The van der Waals surface area contributed by atoms with Crippen molar-refractivity contribution >= 4 is 21.7 Å². The molecule has 4 heteroatoms. The van der Waals surface area contributed by atoms with Crippen LogP contribution in [0.4, 0.5) is 0 Å². The maximum atomic E-state index is 11.5. The Morgan fingerprint density at radius 1 is 1.64 bits per heavy atom. The third-order valence-electron chi connectivity index (χ3n) is 1.95. The second-order valence-corrected chi connectivity index (χ2v) is 3.90. The molecule has 0 aliphatic rings. The molecule has 0 spiro atoms. The van der Waals surface area contributed by atoms with Gasteiger partial charge in [0.15, 0.2) is 5.78 Å². The van der Waals surface area contributed by atoms with E-state index in [1.54, 1.807) is 13.1 Å². The highest BCUT2D eigenvalue weighted by molar-refractivity contribution is 9.10. The number of halogens is 1. The average molecular weight is 258 g/mol. The summed E-state index contributed by atoms with van der Waals surface area (Å²) >= 11 is 3.28. The van der Waals surface area contributed by atoms with Crippen LogP contribution in [-0.2, 0) is 16.0 Å². The van der Waals surface area contributed by atoms with Crippen LogP contribution in [0, 0.1) is 0 Å². The first-order valence-electron chi connectivity index (χ1n) is 4.29. The van der Waals surface area contributed by atoms with E-state index < -0.39 is 0 Å². The number of aromatic nitrogens is 1. The third-order valence-corrected chi connectivity index (χ3v) is 2.42. The summed E-state index contributed by atoms with van der Waals surface area (Å²) in [5.74, 6) is 0.0438. The van der Waals surface area contributed by atoms with Crippen molar-refractivity contribution in [1.82, 2.24) is 4.98 Å². The first kappa shape index (κ1) is 11.3. The summed E-state index contributed by atoms with van der Waals surface area (Å²) in [5.41, 5.74) is 0.766. The van der Waals surface area contributed by atoms with Crippen molar-refractivity contribution in [2.45, 2.75) is 19.4 Å². The Morgan fingerprint density at radius 2 is 2.36 bits per heavy atom. The summed E-state index contributed by atoms with van der Waals surface area (Å²) in [6.45, 7) is 1.74. The summed E-state index contributed by atoms with van der Waals surface area (Å²) in [6.07, 6.45) is 1.64. The molecule has 1 atom stereocenters. The Bertz CT molecular complexity index is 310. The molecule has 76 valence electrons. The minimum Gasteiger partial charge on any atom is -0.374 e. The molecule has 0 saturated carbocycles. The van der Waals surface area contributed by atoms with E-state index in [9.17, 15) is 4.79 Å². The van der Waals surface area contributed by atoms with E-state index in [4.69, 9.17) is 4.74 Å². The zero-order valence-corrected chi connectivity index (χ0v) is 9.74. The van der Waals surface area contributed by atoms with Crippen molar-refractivity contribution in [3.05, 3.63) is 28.5 Å². The number of carbonyl (C=O) groups excluding carboxylic acids is 1. The molecule has 1 aromatic heterocycles. The molecule has 3 nitrogen and oxygen atoms in total. The SMILES string of the molecule is COC(C)C(=O)Cc1ccc(Br)cn1. The second-order valence-electron chi connectivity index (χ2n) is 2.99. The molecule has 1 rings (SSSR count).